The van der Waals surface area contributed by atoms with Gasteiger partial charge in [0.25, 0.3) is 0 Å². The highest BCUT2D eigenvalue weighted by Gasteiger charge is 2.04. The number of hydrogen-bond donors (Lipinski definition) is 2. The number of carbonyl (C=O) groups is 1. The fraction of sp³-hybridized carbons (Fsp3) is 0.188. The lowest BCUT2D eigenvalue weighted by molar-refractivity contribution is -0.115. The molecular weight excluding hydrogens is 316 g/mol. The van der Waals surface area contributed by atoms with Crippen molar-refractivity contribution < 1.29 is 4.79 Å². The van der Waals surface area contributed by atoms with Gasteiger partial charge in [0.05, 0.1) is 5.69 Å². The molecule has 2 aromatic rings. The monoisotopic (exact) mass is 332 g/mol. The van der Waals surface area contributed by atoms with Crippen LogP contribution in [0.4, 0.5) is 11.4 Å². The Labute approximate surface area is 127 Å². The largest absolute Gasteiger partial charge is 0.385 e. The first-order valence-electron chi connectivity index (χ1n) is 6.50. The molecule has 0 unspecified atom stereocenters. The molecule has 1 amide bonds. The third kappa shape index (κ3) is 4.38. The molecule has 0 fully saturated rings. The number of rotatable bonds is 5. The average Bonchev–Trinajstić information content (AvgIpc) is 2.44. The molecule has 0 aliphatic carbocycles. The molecule has 0 heterocycles. The van der Waals surface area contributed by atoms with Gasteiger partial charge < -0.3 is 10.6 Å². The summed E-state index contributed by atoms with van der Waals surface area (Å²) in [5, 5.41) is 6.11. The summed E-state index contributed by atoms with van der Waals surface area (Å²) in [6.07, 6.45) is 0.426. The molecule has 0 atom stereocenters. The van der Waals surface area contributed by atoms with Crippen molar-refractivity contribution in [3.05, 3.63) is 58.6 Å². The first-order chi connectivity index (χ1) is 9.65. The van der Waals surface area contributed by atoms with Crippen LogP contribution in [-0.4, -0.2) is 12.5 Å². The molecule has 20 heavy (non-hydrogen) atoms. The Morgan fingerprint density at radius 1 is 1.10 bits per heavy atom. The molecule has 0 bridgehead atoms. The van der Waals surface area contributed by atoms with E-state index >= 15 is 0 Å². The smallest absolute Gasteiger partial charge is 0.226 e. The Hall–Kier alpha value is -1.81. The third-order valence-corrected chi connectivity index (χ3v) is 3.57. The normalized spacial score (nSPS) is 10.1. The van der Waals surface area contributed by atoms with E-state index in [1.807, 2.05) is 48.5 Å². The predicted octanol–water partition coefficient (Wildman–Crippen LogP) is 4.20. The number of para-hydroxylation sites is 1. The number of amides is 1. The molecule has 4 heteroatoms. The van der Waals surface area contributed by atoms with Gasteiger partial charge in [-0.25, -0.2) is 0 Å². The lowest BCUT2D eigenvalue weighted by atomic mass is 10.2. The van der Waals surface area contributed by atoms with Crippen LogP contribution in [0.15, 0.2) is 53.0 Å². The first-order valence-corrected chi connectivity index (χ1v) is 7.29. The molecule has 0 radical (unpaired) electrons. The number of nitrogens with one attached hydrogen (secondary N) is 2. The van der Waals surface area contributed by atoms with Gasteiger partial charge in [-0.1, -0.05) is 29.8 Å². The maximum atomic E-state index is 11.8. The lowest BCUT2D eigenvalue weighted by Crippen LogP contribution is -2.16. The van der Waals surface area contributed by atoms with Crippen molar-refractivity contribution in [2.75, 3.05) is 17.2 Å². The zero-order chi connectivity index (χ0) is 14.4. The van der Waals surface area contributed by atoms with Gasteiger partial charge in [-0.2, -0.15) is 0 Å². The molecule has 0 spiro atoms. The second kappa shape index (κ2) is 7.10. The molecular formula is C16H17BrN2O. The number of benzene rings is 2. The highest BCUT2D eigenvalue weighted by atomic mass is 79.9. The van der Waals surface area contributed by atoms with E-state index < -0.39 is 0 Å². The summed E-state index contributed by atoms with van der Waals surface area (Å²) in [7, 11) is 0. The van der Waals surface area contributed by atoms with Gasteiger partial charge >= 0.3 is 0 Å². The Morgan fingerprint density at radius 2 is 1.80 bits per heavy atom. The second-order valence-corrected chi connectivity index (χ2v) is 5.43. The summed E-state index contributed by atoms with van der Waals surface area (Å²) in [6, 6.07) is 15.7. The second-order valence-electron chi connectivity index (χ2n) is 4.57. The zero-order valence-corrected chi connectivity index (χ0v) is 12.9. The van der Waals surface area contributed by atoms with Crippen molar-refractivity contribution in [3.8, 4) is 0 Å². The Balaban J connectivity index is 1.78. The molecule has 0 aromatic heterocycles. The summed E-state index contributed by atoms with van der Waals surface area (Å²) >= 11 is 3.41. The number of hydrogen-bond acceptors (Lipinski definition) is 2. The summed E-state index contributed by atoms with van der Waals surface area (Å²) in [6.45, 7) is 2.66. The highest BCUT2D eigenvalue weighted by molar-refractivity contribution is 9.10. The SMILES string of the molecule is Cc1ccc(NCCC(=O)Nc2ccccc2Br)cc1. The van der Waals surface area contributed by atoms with E-state index in [1.54, 1.807) is 0 Å². The molecule has 2 rings (SSSR count). The van der Waals surface area contributed by atoms with Crippen LogP contribution in [0, 0.1) is 6.92 Å². The molecule has 0 saturated carbocycles. The predicted molar refractivity (Wildman–Crippen MR) is 87.1 cm³/mol. The summed E-state index contributed by atoms with van der Waals surface area (Å²) in [5.74, 6) is -0.00323. The van der Waals surface area contributed by atoms with Crippen molar-refractivity contribution in [1.29, 1.82) is 0 Å². The van der Waals surface area contributed by atoms with Crippen LogP contribution in [0.2, 0.25) is 0 Å². The van der Waals surface area contributed by atoms with E-state index in [-0.39, 0.29) is 5.91 Å². The van der Waals surface area contributed by atoms with Gasteiger partial charge in [0.1, 0.15) is 0 Å². The third-order valence-electron chi connectivity index (χ3n) is 2.88. The minimum Gasteiger partial charge on any atom is -0.385 e. The fourth-order valence-electron chi connectivity index (χ4n) is 1.77. The van der Waals surface area contributed by atoms with Crippen molar-refractivity contribution >= 4 is 33.2 Å². The van der Waals surface area contributed by atoms with Crippen LogP contribution in [-0.2, 0) is 4.79 Å². The highest BCUT2D eigenvalue weighted by Crippen LogP contribution is 2.21. The van der Waals surface area contributed by atoms with E-state index in [2.05, 4.69) is 33.5 Å². The van der Waals surface area contributed by atoms with Gasteiger partial charge in [0.2, 0.25) is 5.91 Å². The maximum Gasteiger partial charge on any atom is 0.226 e. The van der Waals surface area contributed by atoms with Crippen LogP contribution in [0.3, 0.4) is 0 Å². The molecule has 3 nitrogen and oxygen atoms in total. The van der Waals surface area contributed by atoms with Gasteiger partial charge in [-0.05, 0) is 47.1 Å². The summed E-state index contributed by atoms with van der Waals surface area (Å²) in [5.41, 5.74) is 3.05. The minimum atomic E-state index is -0.00323. The Morgan fingerprint density at radius 3 is 2.50 bits per heavy atom. The van der Waals surface area contributed by atoms with Crippen LogP contribution in [0.5, 0.6) is 0 Å². The average molecular weight is 333 g/mol. The van der Waals surface area contributed by atoms with E-state index in [0.29, 0.717) is 13.0 Å². The van der Waals surface area contributed by atoms with E-state index in [1.165, 1.54) is 5.56 Å². The number of aryl methyl sites for hydroxylation is 1. The summed E-state index contributed by atoms with van der Waals surface area (Å²) in [4.78, 5) is 11.8. The number of anilines is 2. The molecule has 0 aliphatic rings. The molecule has 2 aromatic carbocycles. The van der Waals surface area contributed by atoms with Crippen LogP contribution in [0.1, 0.15) is 12.0 Å². The van der Waals surface area contributed by atoms with Crippen molar-refractivity contribution in [3.63, 3.8) is 0 Å². The van der Waals surface area contributed by atoms with E-state index in [4.69, 9.17) is 0 Å². The zero-order valence-electron chi connectivity index (χ0n) is 11.3. The van der Waals surface area contributed by atoms with Gasteiger partial charge in [0, 0.05) is 23.1 Å². The molecule has 0 saturated heterocycles. The van der Waals surface area contributed by atoms with Crippen LogP contribution in [0.25, 0.3) is 0 Å². The van der Waals surface area contributed by atoms with Gasteiger partial charge in [-0.15, -0.1) is 0 Å². The Bertz CT molecular complexity index is 581. The molecule has 0 aliphatic heterocycles. The number of carbonyl (C=O) groups excluding carboxylic acids is 1. The van der Waals surface area contributed by atoms with Crippen molar-refractivity contribution in [1.82, 2.24) is 0 Å². The minimum absolute atomic E-state index is 0.00323. The molecule has 104 valence electrons. The van der Waals surface area contributed by atoms with Crippen molar-refractivity contribution in [2.24, 2.45) is 0 Å². The van der Waals surface area contributed by atoms with Crippen LogP contribution >= 0.6 is 15.9 Å². The van der Waals surface area contributed by atoms with E-state index in [0.717, 1.165) is 15.8 Å². The molecule has 2 N–H and O–H groups in total. The fourth-order valence-corrected chi connectivity index (χ4v) is 2.15. The van der Waals surface area contributed by atoms with Crippen LogP contribution < -0.4 is 10.6 Å². The Kier molecular flexibility index (Phi) is 5.18. The number of halogens is 1. The lowest BCUT2D eigenvalue weighted by Gasteiger charge is -2.09. The standard InChI is InChI=1S/C16H17BrN2O/c1-12-6-8-13(9-7-12)18-11-10-16(20)19-15-5-3-2-4-14(15)17/h2-9,18H,10-11H2,1H3,(H,19,20). The van der Waals surface area contributed by atoms with Crippen molar-refractivity contribution in [2.45, 2.75) is 13.3 Å². The summed E-state index contributed by atoms with van der Waals surface area (Å²) < 4.78 is 0.889. The van der Waals surface area contributed by atoms with Gasteiger partial charge in [-0.3, -0.25) is 4.79 Å². The van der Waals surface area contributed by atoms with E-state index in [9.17, 15) is 4.79 Å². The topological polar surface area (TPSA) is 41.1 Å². The quantitative estimate of drug-likeness (QED) is 0.861. The maximum absolute atomic E-state index is 11.8. The van der Waals surface area contributed by atoms with Gasteiger partial charge in [0.15, 0.2) is 0 Å². The first kappa shape index (κ1) is 14.6.